The second-order valence-corrected chi connectivity index (χ2v) is 10.1. The van der Waals surface area contributed by atoms with Crippen LogP contribution in [0.15, 0.2) is 60.7 Å². The largest absolute Gasteiger partial charge is 0.368 e. The van der Waals surface area contributed by atoms with Crippen LogP contribution >= 0.6 is 0 Å². The van der Waals surface area contributed by atoms with Crippen molar-refractivity contribution in [3.8, 4) is 11.3 Å². The molecule has 0 N–H and O–H groups in total. The van der Waals surface area contributed by atoms with Gasteiger partial charge in [-0.25, -0.2) is 13.9 Å². The van der Waals surface area contributed by atoms with Gasteiger partial charge in [0.15, 0.2) is 5.65 Å². The second-order valence-electron chi connectivity index (χ2n) is 10.1. The second kappa shape index (κ2) is 9.27. The zero-order valence-electron chi connectivity index (χ0n) is 20.9. The molecule has 1 saturated heterocycles. The molecule has 1 amide bonds. The maximum absolute atomic E-state index is 14.8. The van der Waals surface area contributed by atoms with Crippen LogP contribution in [0, 0.1) is 15.9 Å². The van der Waals surface area contributed by atoms with E-state index in [-0.39, 0.29) is 22.7 Å². The fraction of sp³-hybridized carbons (Fsp3) is 0.296. The molecule has 4 aromatic rings. The van der Waals surface area contributed by atoms with Crippen LogP contribution in [-0.4, -0.2) is 56.5 Å². The number of fused-ring (bicyclic) bond motifs is 1. The summed E-state index contributed by atoms with van der Waals surface area (Å²) in [5, 5.41) is 15.6. The van der Waals surface area contributed by atoms with Crippen LogP contribution in [0.5, 0.6) is 0 Å². The molecule has 9 nitrogen and oxygen atoms in total. The van der Waals surface area contributed by atoms with Crippen LogP contribution in [-0.2, 0) is 5.41 Å². The first kappa shape index (κ1) is 24.4. The Morgan fingerprint density at radius 3 is 2.30 bits per heavy atom. The predicted molar refractivity (Wildman–Crippen MR) is 138 cm³/mol. The number of rotatable bonds is 4. The molecule has 0 unspecified atom stereocenters. The number of amides is 1. The lowest BCUT2D eigenvalue weighted by Crippen LogP contribution is -2.49. The summed E-state index contributed by atoms with van der Waals surface area (Å²) in [6.07, 6.45) is 0. The molecule has 0 aliphatic carbocycles. The Hall–Kier alpha value is -4.34. The van der Waals surface area contributed by atoms with Gasteiger partial charge in [0.25, 0.3) is 11.6 Å². The first-order chi connectivity index (χ1) is 17.6. The highest BCUT2D eigenvalue weighted by Gasteiger charge is 2.26. The first-order valence-electron chi connectivity index (χ1n) is 12.1. The van der Waals surface area contributed by atoms with Crippen LogP contribution in [0.1, 0.15) is 37.0 Å². The number of piperazine rings is 1. The molecule has 1 aliphatic heterocycles. The van der Waals surface area contributed by atoms with Crippen LogP contribution in [0.25, 0.3) is 16.9 Å². The highest BCUT2D eigenvalue weighted by atomic mass is 19.1. The number of non-ortho nitro benzene ring substituents is 1. The number of hydrogen-bond acceptors (Lipinski definition) is 6. The zero-order valence-corrected chi connectivity index (χ0v) is 20.9. The molecular formula is C27H27FN6O3. The lowest BCUT2D eigenvalue weighted by Gasteiger charge is -2.36. The van der Waals surface area contributed by atoms with Gasteiger partial charge in [-0.2, -0.15) is 5.10 Å². The number of hydrogen-bond donors (Lipinski definition) is 0. The van der Waals surface area contributed by atoms with E-state index in [0.717, 1.165) is 11.4 Å². The molecule has 0 radical (unpaired) electrons. The maximum Gasteiger partial charge on any atom is 0.272 e. The van der Waals surface area contributed by atoms with Crippen LogP contribution in [0.2, 0.25) is 0 Å². The molecule has 0 bridgehead atoms. The Balaban J connectivity index is 1.43. The fourth-order valence-corrected chi connectivity index (χ4v) is 4.43. The van der Waals surface area contributed by atoms with Crippen LogP contribution in [0.4, 0.5) is 15.8 Å². The SMILES string of the molecule is CC(C)(C)c1cc2nc(C(=O)N3CCN(c4ccc([N+](=O)[O-])cc4)CC3)cc(-c3ccccc3F)n2n1. The van der Waals surface area contributed by atoms with Gasteiger partial charge >= 0.3 is 0 Å². The van der Waals surface area contributed by atoms with Crippen molar-refractivity contribution in [1.82, 2.24) is 19.5 Å². The highest BCUT2D eigenvalue weighted by Crippen LogP contribution is 2.28. The van der Waals surface area contributed by atoms with E-state index in [2.05, 4.69) is 15.0 Å². The summed E-state index contributed by atoms with van der Waals surface area (Å²) in [6, 6.07) is 16.3. The van der Waals surface area contributed by atoms with E-state index in [4.69, 9.17) is 0 Å². The van der Waals surface area contributed by atoms with Gasteiger partial charge in [0.2, 0.25) is 0 Å². The number of carbonyl (C=O) groups excluding carboxylic acids is 1. The Kier molecular flexibility index (Phi) is 6.10. The van der Waals surface area contributed by atoms with E-state index < -0.39 is 10.7 Å². The van der Waals surface area contributed by atoms with Gasteiger partial charge in [-0.1, -0.05) is 32.9 Å². The Morgan fingerprint density at radius 1 is 1.00 bits per heavy atom. The lowest BCUT2D eigenvalue weighted by molar-refractivity contribution is -0.384. The maximum atomic E-state index is 14.8. The minimum Gasteiger partial charge on any atom is -0.368 e. The van der Waals surface area contributed by atoms with E-state index >= 15 is 0 Å². The van der Waals surface area contributed by atoms with Crippen molar-refractivity contribution in [2.24, 2.45) is 0 Å². The summed E-state index contributed by atoms with van der Waals surface area (Å²) in [6.45, 7) is 8.18. The van der Waals surface area contributed by atoms with Crippen molar-refractivity contribution in [3.63, 3.8) is 0 Å². The minimum absolute atomic E-state index is 0.0409. The Labute approximate surface area is 213 Å². The fourth-order valence-electron chi connectivity index (χ4n) is 4.43. The molecule has 1 fully saturated rings. The monoisotopic (exact) mass is 502 g/mol. The number of halogens is 1. The minimum atomic E-state index is -0.426. The van der Waals surface area contributed by atoms with Gasteiger partial charge in [0, 0.05) is 61.0 Å². The highest BCUT2D eigenvalue weighted by molar-refractivity contribution is 5.94. The quantitative estimate of drug-likeness (QED) is 0.296. The number of nitrogens with zero attached hydrogens (tertiary/aromatic N) is 6. The molecule has 1 aliphatic rings. The van der Waals surface area contributed by atoms with Crippen molar-refractivity contribution in [2.45, 2.75) is 26.2 Å². The lowest BCUT2D eigenvalue weighted by atomic mass is 9.93. The zero-order chi connectivity index (χ0) is 26.3. The van der Waals surface area contributed by atoms with Gasteiger partial charge in [-0.15, -0.1) is 0 Å². The molecule has 2 aromatic heterocycles. The summed E-state index contributed by atoms with van der Waals surface area (Å²) in [7, 11) is 0. The molecule has 0 atom stereocenters. The summed E-state index contributed by atoms with van der Waals surface area (Å²) in [4.78, 5) is 32.4. The van der Waals surface area contributed by atoms with E-state index in [1.165, 1.54) is 18.2 Å². The third-order valence-corrected chi connectivity index (χ3v) is 6.56. The van der Waals surface area contributed by atoms with Gasteiger partial charge in [-0.3, -0.25) is 14.9 Å². The van der Waals surface area contributed by atoms with E-state index in [1.807, 2.05) is 26.8 Å². The number of benzene rings is 2. The molecule has 10 heteroatoms. The molecule has 190 valence electrons. The standard InChI is InChI=1S/C27H27FN6O3/c1-27(2,3)24-17-25-29-22(16-23(33(25)30-24)20-6-4-5-7-21(20)28)26(35)32-14-12-31(13-15-32)18-8-10-19(11-9-18)34(36)37/h4-11,16-17H,12-15H2,1-3H3. The topological polar surface area (TPSA) is 96.9 Å². The van der Waals surface area contributed by atoms with Crippen molar-refractivity contribution >= 4 is 22.9 Å². The summed E-state index contributed by atoms with van der Waals surface area (Å²) in [5.74, 6) is -0.639. The van der Waals surface area contributed by atoms with E-state index in [0.29, 0.717) is 43.1 Å². The molecule has 3 heterocycles. The van der Waals surface area contributed by atoms with Crippen LogP contribution < -0.4 is 4.90 Å². The van der Waals surface area contributed by atoms with Crippen molar-refractivity contribution in [1.29, 1.82) is 0 Å². The third kappa shape index (κ3) is 4.74. The molecular weight excluding hydrogens is 475 g/mol. The number of nitro groups is 1. The summed E-state index contributed by atoms with van der Waals surface area (Å²) in [5.41, 5.74) is 2.97. The Morgan fingerprint density at radius 2 is 1.68 bits per heavy atom. The average molecular weight is 503 g/mol. The van der Waals surface area contributed by atoms with Crippen molar-refractivity contribution in [3.05, 3.63) is 88.0 Å². The van der Waals surface area contributed by atoms with Gasteiger partial charge < -0.3 is 9.80 Å². The first-order valence-corrected chi connectivity index (χ1v) is 12.1. The molecule has 37 heavy (non-hydrogen) atoms. The summed E-state index contributed by atoms with van der Waals surface area (Å²) < 4.78 is 16.4. The number of carbonyl (C=O) groups is 1. The normalized spacial score (nSPS) is 14.3. The molecule has 5 rings (SSSR count). The van der Waals surface area contributed by atoms with Gasteiger partial charge in [-0.05, 0) is 30.3 Å². The van der Waals surface area contributed by atoms with E-state index in [1.54, 1.807) is 45.8 Å². The van der Waals surface area contributed by atoms with Gasteiger partial charge in [0.05, 0.1) is 16.3 Å². The smallest absolute Gasteiger partial charge is 0.272 e. The molecule has 0 saturated carbocycles. The molecule has 0 spiro atoms. The summed E-state index contributed by atoms with van der Waals surface area (Å²) >= 11 is 0. The number of aromatic nitrogens is 3. The number of anilines is 1. The van der Waals surface area contributed by atoms with Crippen molar-refractivity contribution < 1.29 is 14.1 Å². The molecule has 2 aromatic carbocycles. The Bertz CT molecular complexity index is 1480. The third-order valence-electron chi connectivity index (χ3n) is 6.56. The van der Waals surface area contributed by atoms with Crippen LogP contribution in [0.3, 0.4) is 0 Å². The number of nitro benzene ring substituents is 1. The van der Waals surface area contributed by atoms with Gasteiger partial charge in [0.1, 0.15) is 11.5 Å². The van der Waals surface area contributed by atoms with E-state index in [9.17, 15) is 19.3 Å². The predicted octanol–water partition coefficient (Wildman–Crippen LogP) is 4.70. The average Bonchev–Trinajstić information content (AvgIpc) is 3.33. The van der Waals surface area contributed by atoms with Crippen molar-refractivity contribution in [2.75, 3.05) is 31.1 Å².